The Hall–Kier alpha value is -1.63. The molecule has 112 valence electrons. The van der Waals surface area contributed by atoms with Crippen LogP contribution in [0.25, 0.3) is 0 Å². The molecule has 0 saturated carbocycles. The van der Waals surface area contributed by atoms with E-state index in [4.69, 9.17) is 0 Å². The van der Waals surface area contributed by atoms with Gasteiger partial charge in [-0.05, 0) is 29.9 Å². The zero-order chi connectivity index (χ0) is 15.5. The van der Waals surface area contributed by atoms with E-state index in [-0.39, 0.29) is 5.56 Å². The molecule has 1 aromatic rings. The molecule has 1 aromatic carbocycles. The summed E-state index contributed by atoms with van der Waals surface area (Å²) in [7, 11) is 0. The lowest BCUT2D eigenvalue weighted by molar-refractivity contribution is -0.174. The van der Waals surface area contributed by atoms with Crippen LogP contribution >= 0.6 is 11.8 Å². The second kappa shape index (κ2) is 6.01. The van der Waals surface area contributed by atoms with E-state index in [0.717, 1.165) is 24.4 Å². The van der Waals surface area contributed by atoms with E-state index in [1.165, 1.54) is 30.0 Å². The Morgan fingerprint density at radius 1 is 1.38 bits per heavy atom. The van der Waals surface area contributed by atoms with Crippen LogP contribution in [0.4, 0.5) is 13.2 Å². The topological polar surface area (TPSA) is 41.8 Å². The molecule has 0 fully saturated rings. The molecule has 1 heterocycles. The van der Waals surface area contributed by atoms with Gasteiger partial charge in [0, 0.05) is 16.7 Å². The fourth-order valence-electron chi connectivity index (χ4n) is 1.97. The van der Waals surface area contributed by atoms with Crippen LogP contribution in [0.3, 0.4) is 0 Å². The van der Waals surface area contributed by atoms with Crippen molar-refractivity contribution in [2.45, 2.75) is 30.0 Å². The number of carbonyl (C=O) groups is 1. The van der Waals surface area contributed by atoms with Gasteiger partial charge in [-0.15, -0.1) is 11.8 Å². The SMILES string of the molecule is CCCSc1cc(C2(C(F)(F)F)C=CN=N2)ccc1C=O. The van der Waals surface area contributed by atoms with E-state index in [9.17, 15) is 18.0 Å². The van der Waals surface area contributed by atoms with E-state index >= 15 is 0 Å². The van der Waals surface area contributed by atoms with Gasteiger partial charge >= 0.3 is 6.18 Å². The number of aldehydes is 1. The number of halogens is 3. The molecular weight excluding hydrogens is 301 g/mol. The Morgan fingerprint density at radius 3 is 2.67 bits per heavy atom. The zero-order valence-electron chi connectivity index (χ0n) is 11.2. The summed E-state index contributed by atoms with van der Waals surface area (Å²) in [5.74, 6) is 0.723. The number of benzene rings is 1. The first kappa shape index (κ1) is 15.8. The maximum atomic E-state index is 13.4. The van der Waals surface area contributed by atoms with E-state index in [2.05, 4.69) is 10.2 Å². The minimum atomic E-state index is -4.58. The summed E-state index contributed by atoms with van der Waals surface area (Å²) in [6.45, 7) is 1.96. The van der Waals surface area contributed by atoms with Gasteiger partial charge in [0.2, 0.25) is 5.54 Å². The second-order valence-electron chi connectivity index (χ2n) is 4.51. The molecule has 0 aliphatic carbocycles. The van der Waals surface area contributed by atoms with E-state index in [0.29, 0.717) is 16.7 Å². The largest absolute Gasteiger partial charge is 0.423 e. The van der Waals surface area contributed by atoms with E-state index in [1.807, 2.05) is 6.92 Å². The average molecular weight is 314 g/mol. The summed E-state index contributed by atoms with van der Waals surface area (Å²) < 4.78 is 40.2. The summed E-state index contributed by atoms with van der Waals surface area (Å²) in [5, 5.41) is 6.74. The van der Waals surface area contributed by atoms with Crippen molar-refractivity contribution < 1.29 is 18.0 Å². The molecule has 0 saturated heterocycles. The lowest BCUT2D eigenvalue weighted by atomic mass is 9.90. The summed E-state index contributed by atoms with van der Waals surface area (Å²) in [4.78, 5) is 11.5. The van der Waals surface area contributed by atoms with Gasteiger partial charge in [0.25, 0.3) is 0 Å². The Kier molecular flexibility index (Phi) is 4.51. The second-order valence-corrected chi connectivity index (χ2v) is 5.65. The molecule has 21 heavy (non-hydrogen) atoms. The van der Waals surface area contributed by atoms with Gasteiger partial charge in [0.05, 0.1) is 0 Å². The molecule has 7 heteroatoms. The highest BCUT2D eigenvalue weighted by Crippen LogP contribution is 2.46. The van der Waals surface area contributed by atoms with Crippen LogP contribution in [0.2, 0.25) is 0 Å². The minimum absolute atomic E-state index is 0.0308. The predicted molar refractivity (Wildman–Crippen MR) is 74.6 cm³/mol. The Labute approximate surface area is 124 Å². The monoisotopic (exact) mass is 314 g/mol. The Bertz CT molecular complexity index is 584. The molecular formula is C14H13F3N2OS. The molecule has 0 aromatic heterocycles. The number of azo groups is 1. The molecule has 0 bridgehead atoms. The van der Waals surface area contributed by atoms with Crippen molar-refractivity contribution >= 4 is 18.0 Å². The smallest absolute Gasteiger partial charge is 0.298 e. The Balaban J connectivity index is 2.50. The molecule has 1 aliphatic heterocycles. The van der Waals surface area contributed by atoms with Crippen molar-refractivity contribution in [3.8, 4) is 0 Å². The summed E-state index contributed by atoms with van der Waals surface area (Å²) in [5.41, 5.74) is -2.10. The first-order valence-corrected chi connectivity index (χ1v) is 7.32. The first-order valence-electron chi connectivity index (χ1n) is 6.33. The molecule has 1 atom stereocenters. The van der Waals surface area contributed by atoms with Gasteiger partial charge in [-0.3, -0.25) is 4.79 Å². The third-order valence-corrected chi connectivity index (χ3v) is 4.35. The third kappa shape index (κ3) is 2.88. The standard InChI is InChI=1S/C14H13F3N2OS/c1-2-7-21-12-8-11(4-3-10(12)9-20)13(14(15,16)17)5-6-18-19-13/h3-6,8-9H,2,7H2,1H3. The normalized spacial score (nSPS) is 21.0. The summed E-state index contributed by atoms with van der Waals surface area (Å²) in [6.07, 6.45) is -1.11. The molecule has 0 amide bonds. The van der Waals surface area contributed by atoms with Crippen molar-refractivity contribution in [1.82, 2.24) is 0 Å². The average Bonchev–Trinajstić information content (AvgIpc) is 2.95. The highest BCUT2D eigenvalue weighted by Gasteiger charge is 2.56. The van der Waals surface area contributed by atoms with Crippen LogP contribution in [0, 0.1) is 0 Å². The molecule has 0 radical (unpaired) electrons. The molecule has 1 unspecified atom stereocenters. The highest BCUT2D eigenvalue weighted by atomic mass is 32.2. The van der Waals surface area contributed by atoms with Crippen molar-refractivity contribution in [2.24, 2.45) is 10.2 Å². The third-order valence-electron chi connectivity index (χ3n) is 3.07. The van der Waals surface area contributed by atoms with Gasteiger partial charge in [0.15, 0.2) is 6.29 Å². The summed E-state index contributed by atoms with van der Waals surface area (Å²) in [6, 6.07) is 4.06. The summed E-state index contributed by atoms with van der Waals surface area (Å²) >= 11 is 1.36. The highest BCUT2D eigenvalue weighted by molar-refractivity contribution is 7.99. The van der Waals surface area contributed by atoms with Crippen molar-refractivity contribution in [3.63, 3.8) is 0 Å². The Morgan fingerprint density at radius 2 is 2.14 bits per heavy atom. The van der Waals surface area contributed by atoms with Crippen LogP contribution < -0.4 is 0 Å². The zero-order valence-corrected chi connectivity index (χ0v) is 12.0. The van der Waals surface area contributed by atoms with Gasteiger partial charge in [0.1, 0.15) is 0 Å². The molecule has 0 spiro atoms. The number of hydrogen-bond donors (Lipinski definition) is 0. The quantitative estimate of drug-likeness (QED) is 0.582. The minimum Gasteiger partial charge on any atom is -0.298 e. The number of carbonyl (C=O) groups excluding carboxylic acids is 1. The van der Waals surface area contributed by atoms with Crippen LogP contribution in [-0.2, 0) is 5.54 Å². The maximum absolute atomic E-state index is 13.4. The van der Waals surface area contributed by atoms with Gasteiger partial charge in [-0.25, -0.2) is 0 Å². The van der Waals surface area contributed by atoms with Gasteiger partial charge in [-0.2, -0.15) is 23.4 Å². The van der Waals surface area contributed by atoms with E-state index in [1.54, 1.807) is 0 Å². The number of alkyl halides is 3. The molecule has 3 nitrogen and oxygen atoms in total. The number of thioether (sulfide) groups is 1. The van der Waals surface area contributed by atoms with E-state index < -0.39 is 11.7 Å². The first-order chi connectivity index (χ1) is 9.94. The lowest BCUT2D eigenvalue weighted by Gasteiger charge is -2.26. The van der Waals surface area contributed by atoms with Crippen molar-refractivity contribution in [2.75, 3.05) is 5.75 Å². The number of hydrogen-bond acceptors (Lipinski definition) is 4. The van der Waals surface area contributed by atoms with Crippen molar-refractivity contribution in [3.05, 3.63) is 41.6 Å². The van der Waals surface area contributed by atoms with Crippen LogP contribution in [-0.4, -0.2) is 18.2 Å². The molecule has 2 rings (SSSR count). The fraction of sp³-hybridized carbons (Fsp3) is 0.357. The van der Waals surface area contributed by atoms with Gasteiger partial charge < -0.3 is 0 Å². The fourth-order valence-corrected chi connectivity index (χ4v) is 2.89. The molecule has 1 aliphatic rings. The van der Waals surface area contributed by atoms with Crippen LogP contribution in [0.15, 0.2) is 45.6 Å². The molecule has 0 N–H and O–H groups in total. The predicted octanol–water partition coefficient (Wildman–Crippen LogP) is 4.74. The maximum Gasteiger partial charge on any atom is 0.423 e. The van der Waals surface area contributed by atoms with Crippen LogP contribution in [0.1, 0.15) is 29.3 Å². The lowest BCUT2D eigenvalue weighted by Crippen LogP contribution is -2.37. The van der Waals surface area contributed by atoms with Crippen LogP contribution in [0.5, 0.6) is 0 Å². The number of nitrogens with zero attached hydrogens (tertiary/aromatic N) is 2. The number of rotatable bonds is 5. The van der Waals surface area contributed by atoms with Crippen molar-refractivity contribution in [1.29, 1.82) is 0 Å². The van der Waals surface area contributed by atoms with Gasteiger partial charge in [-0.1, -0.05) is 19.1 Å².